The molecule has 0 heterocycles. The molecule has 1 saturated carbocycles. The molecule has 1 aromatic carbocycles. The molecule has 0 N–H and O–H groups in total. The molecule has 1 aliphatic rings. The summed E-state index contributed by atoms with van der Waals surface area (Å²) < 4.78 is 4.82. The van der Waals surface area contributed by atoms with Crippen LogP contribution >= 0.6 is 23.2 Å². The van der Waals surface area contributed by atoms with Crippen LogP contribution < -0.4 is 0 Å². The van der Waals surface area contributed by atoms with E-state index >= 15 is 0 Å². The summed E-state index contributed by atoms with van der Waals surface area (Å²) in [4.78, 5) is 11.7. The Kier molecular flexibility index (Phi) is 3.13. The predicted octanol–water partition coefficient (Wildman–Crippen LogP) is 3.91. The monoisotopic (exact) mass is 272 g/mol. The van der Waals surface area contributed by atoms with E-state index in [2.05, 4.69) is 0 Å². The van der Waals surface area contributed by atoms with Crippen molar-refractivity contribution >= 4 is 29.2 Å². The first kappa shape index (κ1) is 12.7. The number of hydrogen-bond donors (Lipinski definition) is 0. The van der Waals surface area contributed by atoms with Crippen LogP contribution in [0.2, 0.25) is 10.0 Å². The van der Waals surface area contributed by atoms with E-state index in [4.69, 9.17) is 27.9 Å². The van der Waals surface area contributed by atoms with Gasteiger partial charge in [0.1, 0.15) is 0 Å². The molecule has 0 saturated heterocycles. The first-order valence-corrected chi connectivity index (χ1v) is 6.17. The van der Waals surface area contributed by atoms with E-state index in [1.165, 1.54) is 7.11 Å². The molecule has 1 aliphatic carbocycles. The Balaban J connectivity index is 2.33. The molecular weight excluding hydrogens is 259 g/mol. The van der Waals surface area contributed by atoms with E-state index in [0.717, 1.165) is 5.56 Å². The summed E-state index contributed by atoms with van der Waals surface area (Å²) in [6.07, 6.45) is 0. The number of rotatable bonds is 2. The van der Waals surface area contributed by atoms with Gasteiger partial charge in [-0.25, -0.2) is 0 Å². The first-order valence-electron chi connectivity index (χ1n) is 5.41. The lowest BCUT2D eigenvalue weighted by Gasteiger charge is -2.04. The van der Waals surface area contributed by atoms with Crippen molar-refractivity contribution in [2.45, 2.75) is 19.8 Å². The maximum Gasteiger partial charge on any atom is 0.309 e. The average Bonchev–Trinajstić information content (AvgIpc) is 2.79. The molecule has 0 radical (unpaired) electrons. The van der Waals surface area contributed by atoms with Crippen LogP contribution in [0.25, 0.3) is 0 Å². The molecule has 0 bridgehead atoms. The van der Waals surface area contributed by atoms with Gasteiger partial charge < -0.3 is 4.74 Å². The number of benzene rings is 1. The molecule has 17 heavy (non-hydrogen) atoms. The smallest absolute Gasteiger partial charge is 0.309 e. The molecule has 2 atom stereocenters. The summed E-state index contributed by atoms with van der Waals surface area (Å²) in [5.74, 6) is -0.149. The van der Waals surface area contributed by atoms with Crippen molar-refractivity contribution in [3.8, 4) is 0 Å². The Morgan fingerprint density at radius 1 is 1.24 bits per heavy atom. The summed E-state index contributed by atoms with van der Waals surface area (Å²) in [7, 11) is 1.42. The number of halogens is 2. The first-order chi connectivity index (χ1) is 7.87. The summed E-state index contributed by atoms with van der Waals surface area (Å²) in [6.45, 7) is 4.10. The average molecular weight is 273 g/mol. The van der Waals surface area contributed by atoms with Crippen LogP contribution in [0.15, 0.2) is 18.2 Å². The van der Waals surface area contributed by atoms with Gasteiger partial charge in [0.2, 0.25) is 0 Å². The Morgan fingerprint density at radius 3 is 2.24 bits per heavy atom. The highest BCUT2D eigenvalue weighted by molar-refractivity contribution is 6.34. The fourth-order valence-electron chi connectivity index (χ4n) is 2.58. The zero-order valence-corrected chi connectivity index (χ0v) is 11.5. The van der Waals surface area contributed by atoms with Crippen molar-refractivity contribution in [3.05, 3.63) is 33.8 Å². The zero-order chi connectivity index (χ0) is 12.8. The lowest BCUT2D eigenvalue weighted by Crippen LogP contribution is -2.07. The topological polar surface area (TPSA) is 26.3 Å². The molecule has 2 nitrogen and oxygen atoms in total. The highest BCUT2D eigenvalue weighted by Crippen LogP contribution is 2.65. The van der Waals surface area contributed by atoms with Crippen molar-refractivity contribution in [1.29, 1.82) is 0 Å². The molecule has 0 spiro atoms. The fraction of sp³-hybridized carbons (Fsp3) is 0.462. The summed E-state index contributed by atoms with van der Waals surface area (Å²) in [5, 5.41) is 1.19. The van der Waals surface area contributed by atoms with Crippen LogP contribution in [0.3, 0.4) is 0 Å². The van der Waals surface area contributed by atoms with Crippen LogP contribution in [0.4, 0.5) is 0 Å². The molecule has 0 aliphatic heterocycles. The van der Waals surface area contributed by atoms with Crippen LogP contribution in [0, 0.1) is 11.3 Å². The van der Waals surface area contributed by atoms with E-state index in [0.29, 0.717) is 10.0 Å². The Morgan fingerprint density at radius 2 is 1.76 bits per heavy atom. The lowest BCUT2D eigenvalue weighted by molar-refractivity contribution is -0.143. The minimum atomic E-state index is -0.170. The third-order valence-electron chi connectivity index (χ3n) is 3.53. The van der Waals surface area contributed by atoms with Crippen LogP contribution in [0.5, 0.6) is 0 Å². The Labute approximate surface area is 111 Å². The quantitative estimate of drug-likeness (QED) is 0.764. The molecule has 92 valence electrons. The molecule has 0 amide bonds. The largest absolute Gasteiger partial charge is 0.469 e. The second-order valence-corrected chi connectivity index (χ2v) is 5.88. The van der Waals surface area contributed by atoms with Crippen LogP contribution in [-0.2, 0) is 9.53 Å². The van der Waals surface area contributed by atoms with Gasteiger partial charge in [-0.2, -0.15) is 0 Å². The third-order valence-corrected chi connectivity index (χ3v) is 3.96. The van der Waals surface area contributed by atoms with Gasteiger partial charge >= 0.3 is 5.97 Å². The number of hydrogen-bond acceptors (Lipinski definition) is 2. The molecule has 0 aromatic heterocycles. The normalized spacial score (nSPS) is 25.5. The van der Waals surface area contributed by atoms with E-state index < -0.39 is 0 Å². The molecule has 1 fully saturated rings. The number of esters is 1. The Bertz CT molecular complexity index is 448. The highest BCUT2D eigenvalue weighted by Gasteiger charge is 2.63. The van der Waals surface area contributed by atoms with Gasteiger partial charge in [0.05, 0.1) is 13.0 Å². The second kappa shape index (κ2) is 4.18. The van der Waals surface area contributed by atoms with Gasteiger partial charge in [0.15, 0.2) is 0 Å². The SMILES string of the molecule is COC(=O)[C@@H]1[C@@H](c2cc(Cl)cc(Cl)c2)C1(C)C. The number of methoxy groups -OCH3 is 1. The highest BCUT2D eigenvalue weighted by atomic mass is 35.5. The van der Waals surface area contributed by atoms with Gasteiger partial charge in [-0.05, 0) is 29.2 Å². The van der Waals surface area contributed by atoms with Crippen molar-refractivity contribution in [1.82, 2.24) is 0 Å². The molecule has 4 heteroatoms. The van der Waals surface area contributed by atoms with Gasteiger partial charge in [-0.15, -0.1) is 0 Å². The zero-order valence-electron chi connectivity index (χ0n) is 9.96. The summed E-state index contributed by atoms with van der Waals surface area (Å²) >= 11 is 12.0. The number of ether oxygens (including phenoxy) is 1. The van der Waals surface area contributed by atoms with Crippen molar-refractivity contribution in [3.63, 3.8) is 0 Å². The molecular formula is C13H14Cl2O2. The van der Waals surface area contributed by atoms with Crippen LogP contribution in [-0.4, -0.2) is 13.1 Å². The fourth-order valence-corrected chi connectivity index (χ4v) is 3.12. The van der Waals surface area contributed by atoms with E-state index in [9.17, 15) is 4.79 Å². The molecule has 0 unspecified atom stereocenters. The van der Waals surface area contributed by atoms with Crippen molar-refractivity contribution in [2.24, 2.45) is 11.3 Å². The second-order valence-electron chi connectivity index (χ2n) is 5.00. The van der Waals surface area contributed by atoms with Crippen molar-refractivity contribution < 1.29 is 9.53 Å². The van der Waals surface area contributed by atoms with E-state index in [1.54, 1.807) is 6.07 Å². The van der Waals surface area contributed by atoms with E-state index in [1.807, 2.05) is 26.0 Å². The van der Waals surface area contributed by atoms with Gasteiger partial charge in [-0.1, -0.05) is 37.0 Å². The lowest BCUT2D eigenvalue weighted by atomic mass is 10.0. The maximum atomic E-state index is 11.7. The number of carbonyl (C=O) groups is 1. The standard InChI is InChI=1S/C13H14Cl2O2/c1-13(2)10(11(13)12(16)17-3)7-4-8(14)6-9(15)5-7/h4-6,10-11H,1-3H3/t10-,11+/m1/s1. The number of carbonyl (C=O) groups excluding carboxylic acids is 1. The molecule has 1 aromatic rings. The van der Waals surface area contributed by atoms with E-state index in [-0.39, 0.29) is 23.2 Å². The minimum absolute atomic E-state index is 0.0961. The van der Waals surface area contributed by atoms with Gasteiger partial charge in [0, 0.05) is 16.0 Å². The van der Waals surface area contributed by atoms with Crippen molar-refractivity contribution in [2.75, 3.05) is 7.11 Å². The van der Waals surface area contributed by atoms with Crippen LogP contribution in [0.1, 0.15) is 25.3 Å². The Hall–Kier alpha value is -0.730. The molecule has 2 rings (SSSR count). The van der Waals surface area contributed by atoms with Gasteiger partial charge in [-0.3, -0.25) is 4.79 Å². The predicted molar refractivity (Wildman–Crippen MR) is 68.5 cm³/mol. The van der Waals surface area contributed by atoms with Gasteiger partial charge in [0.25, 0.3) is 0 Å². The summed E-state index contributed by atoms with van der Waals surface area (Å²) in [6, 6.07) is 5.42. The summed E-state index contributed by atoms with van der Waals surface area (Å²) in [5.41, 5.74) is 0.907. The minimum Gasteiger partial charge on any atom is -0.469 e. The maximum absolute atomic E-state index is 11.7. The third kappa shape index (κ3) is 2.16.